The largest absolute Gasteiger partial charge is 0.489 e. The predicted octanol–water partition coefficient (Wildman–Crippen LogP) is 4.38. The monoisotopic (exact) mass is 471 g/mol. The Labute approximate surface area is 193 Å². The average Bonchev–Trinajstić information content (AvgIpc) is 2.81. The number of nitro groups is 1. The van der Waals surface area contributed by atoms with Gasteiger partial charge in [-0.3, -0.25) is 30.6 Å². The van der Waals surface area contributed by atoms with Gasteiger partial charge in [0.15, 0.2) is 0 Å². The maximum absolute atomic E-state index is 12.2. The summed E-state index contributed by atoms with van der Waals surface area (Å²) in [5.74, 6) is -0.136. The Bertz CT molecular complexity index is 1090. The molecule has 10 heteroatoms. The molecule has 164 valence electrons. The number of nitro benzene ring substituents is 1. The maximum Gasteiger partial charge on any atom is 0.269 e. The number of nitrogens with zero attached hydrogens (tertiary/aromatic N) is 1. The van der Waals surface area contributed by atoms with E-state index in [9.17, 15) is 19.7 Å². The highest BCUT2D eigenvalue weighted by atomic mass is 35.5. The van der Waals surface area contributed by atoms with Crippen molar-refractivity contribution in [2.45, 2.75) is 11.5 Å². The summed E-state index contributed by atoms with van der Waals surface area (Å²) in [7, 11) is 0. The average molecular weight is 472 g/mol. The van der Waals surface area contributed by atoms with Gasteiger partial charge in [0.25, 0.3) is 11.6 Å². The Balaban J connectivity index is 1.41. The number of ether oxygens (including phenoxy) is 1. The zero-order chi connectivity index (χ0) is 22.9. The topological polar surface area (TPSA) is 111 Å². The van der Waals surface area contributed by atoms with Crippen molar-refractivity contribution in [2.75, 3.05) is 5.75 Å². The van der Waals surface area contributed by atoms with E-state index < -0.39 is 16.7 Å². The van der Waals surface area contributed by atoms with Crippen molar-refractivity contribution < 1.29 is 19.2 Å². The third kappa shape index (κ3) is 7.00. The van der Waals surface area contributed by atoms with E-state index in [2.05, 4.69) is 10.9 Å². The number of rotatable bonds is 8. The summed E-state index contributed by atoms with van der Waals surface area (Å²) in [6.07, 6.45) is 0. The molecule has 3 rings (SSSR count). The molecule has 2 N–H and O–H groups in total. The van der Waals surface area contributed by atoms with Crippen LogP contribution in [0.1, 0.15) is 15.9 Å². The number of hydrogen-bond donors (Lipinski definition) is 2. The third-order valence-corrected chi connectivity index (χ3v) is 5.43. The van der Waals surface area contributed by atoms with Crippen molar-refractivity contribution >= 4 is 40.9 Å². The number of carbonyl (C=O) groups excluding carboxylic acids is 2. The fraction of sp³-hybridized carbons (Fsp3) is 0.0909. The van der Waals surface area contributed by atoms with E-state index in [1.807, 2.05) is 0 Å². The molecule has 0 aliphatic heterocycles. The van der Waals surface area contributed by atoms with Crippen LogP contribution in [0.15, 0.2) is 77.7 Å². The van der Waals surface area contributed by atoms with E-state index in [4.69, 9.17) is 16.3 Å². The molecule has 0 spiro atoms. The highest BCUT2D eigenvalue weighted by Gasteiger charge is 2.09. The Morgan fingerprint density at radius 3 is 2.22 bits per heavy atom. The number of hydrazine groups is 1. The fourth-order valence-electron chi connectivity index (χ4n) is 2.50. The highest BCUT2D eigenvalue weighted by Crippen LogP contribution is 2.21. The molecule has 0 atom stereocenters. The van der Waals surface area contributed by atoms with Gasteiger partial charge >= 0.3 is 0 Å². The smallest absolute Gasteiger partial charge is 0.269 e. The number of amides is 2. The van der Waals surface area contributed by atoms with Gasteiger partial charge in [-0.1, -0.05) is 23.7 Å². The summed E-state index contributed by atoms with van der Waals surface area (Å²) < 4.78 is 5.66. The van der Waals surface area contributed by atoms with Crippen molar-refractivity contribution in [1.29, 1.82) is 0 Å². The Kier molecular flexibility index (Phi) is 8.07. The van der Waals surface area contributed by atoms with Crippen LogP contribution in [-0.2, 0) is 11.4 Å². The summed E-state index contributed by atoms with van der Waals surface area (Å²) in [5.41, 5.74) is 5.93. The molecule has 32 heavy (non-hydrogen) atoms. The van der Waals surface area contributed by atoms with E-state index in [1.165, 1.54) is 23.9 Å². The summed E-state index contributed by atoms with van der Waals surface area (Å²) in [4.78, 5) is 35.0. The minimum atomic E-state index is -0.490. The van der Waals surface area contributed by atoms with E-state index in [0.717, 1.165) is 5.56 Å². The fourth-order valence-corrected chi connectivity index (χ4v) is 3.32. The second-order valence-corrected chi connectivity index (χ2v) is 7.97. The molecule has 0 saturated heterocycles. The molecule has 3 aromatic rings. The Hall–Kier alpha value is -3.56. The minimum absolute atomic E-state index is 0.0198. The first kappa shape index (κ1) is 23.1. The minimum Gasteiger partial charge on any atom is -0.489 e. The SMILES string of the molecule is O=C(CSc1ccc([N+](=O)[O-])cc1)NNC(=O)c1ccc(COc2ccc(Cl)cc2)cc1. The molecule has 8 nitrogen and oxygen atoms in total. The Morgan fingerprint density at radius 2 is 1.59 bits per heavy atom. The molecule has 0 saturated carbocycles. The van der Waals surface area contributed by atoms with Crippen molar-refractivity contribution in [3.8, 4) is 5.75 Å². The van der Waals surface area contributed by atoms with Crippen molar-refractivity contribution in [1.82, 2.24) is 10.9 Å². The molecule has 0 radical (unpaired) electrons. The molecule has 0 fully saturated rings. The number of hydrogen-bond acceptors (Lipinski definition) is 6. The number of nitrogens with one attached hydrogen (secondary N) is 2. The molecule has 0 aromatic heterocycles. The summed E-state index contributed by atoms with van der Waals surface area (Å²) in [6, 6.07) is 19.7. The number of carbonyl (C=O) groups is 2. The Morgan fingerprint density at radius 1 is 0.938 bits per heavy atom. The summed E-state index contributed by atoms with van der Waals surface area (Å²) in [6.45, 7) is 0.333. The van der Waals surface area contributed by atoms with E-state index in [1.54, 1.807) is 60.7 Å². The van der Waals surface area contributed by atoms with Gasteiger partial charge in [0.2, 0.25) is 5.91 Å². The number of benzene rings is 3. The van der Waals surface area contributed by atoms with Crippen LogP contribution in [0.3, 0.4) is 0 Å². The van der Waals surface area contributed by atoms with Crippen LogP contribution in [0.5, 0.6) is 5.75 Å². The molecular weight excluding hydrogens is 454 g/mol. The lowest BCUT2D eigenvalue weighted by atomic mass is 10.1. The summed E-state index contributed by atoms with van der Waals surface area (Å²) in [5, 5.41) is 11.3. The molecular formula is C22H18ClN3O5S. The molecule has 0 aliphatic rings. The third-order valence-electron chi connectivity index (χ3n) is 4.17. The van der Waals surface area contributed by atoms with Gasteiger partial charge in [-0.05, 0) is 54.1 Å². The quantitative estimate of drug-likeness (QED) is 0.286. The standard InChI is InChI=1S/C22H18ClN3O5S/c23-17-5-9-19(10-6-17)31-13-15-1-3-16(4-2-15)22(28)25-24-21(27)14-32-20-11-7-18(8-12-20)26(29)30/h1-12H,13-14H2,(H,24,27)(H,25,28). The van der Waals surface area contributed by atoms with Crippen LogP contribution in [-0.4, -0.2) is 22.5 Å². The van der Waals surface area contributed by atoms with Gasteiger partial charge in [-0.15, -0.1) is 11.8 Å². The van der Waals surface area contributed by atoms with Crippen molar-refractivity contribution in [3.05, 3.63) is 99.1 Å². The predicted molar refractivity (Wildman–Crippen MR) is 122 cm³/mol. The number of non-ortho nitro benzene ring substituents is 1. The highest BCUT2D eigenvalue weighted by molar-refractivity contribution is 8.00. The number of halogens is 1. The van der Waals surface area contributed by atoms with Crippen LogP contribution < -0.4 is 15.6 Å². The van der Waals surface area contributed by atoms with Gasteiger partial charge in [-0.2, -0.15) is 0 Å². The van der Waals surface area contributed by atoms with Crippen LogP contribution in [0, 0.1) is 10.1 Å². The normalized spacial score (nSPS) is 10.3. The first-order valence-corrected chi connectivity index (χ1v) is 10.7. The lowest BCUT2D eigenvalue weighted by molar-refractivity contribution is -0.384. The van der Waals surface area contributed by atoms with E-state index in [-0.39, 0.29) is 11.4 Å². The molecule has 0 unspecified atom stereocenters. The second kappa shape index (κ2) is 11.2. The van der Waals surface area contributed by atoms with Crippen LogP contribution in [0.2, 0.25) is 5.02 Å². The molecule has 0 heterocycles. The molecule has 0 aliphatic carbocycles. The lowest BCUT2D eigenvalue weighted by Gasteiger charge is -2.09. The molecule has 3 aromatic carbocycles. The maximum atomic E-state index is 12.2. The van der Waals surface area contributed by atoms with Crippen LogP contribution >= 0.6 is 23.4 Å². The van der Waals surface area contributed by atoms with Gasteiger partial charge in [0.1, 0.15) is 12.4 Å². The first-order chi connectivity index (χ1) is 15.4. The van der Waals surface area contributed by atoms with E-state index >= 15 is 0 Å². The summed E-state index contributed by atoms with van der Waals surface area (Å²) >= 11 is 7.04. The van der Waals surface area contributed by atoms with E-state index in [0.29, 0.717) is 27.8 Å². The van der Waals surface area contributed by atoms with Gasteiger partial charge < -0.3 is 4.74 Å². The van der Waals surface area contributed by atoms with Crippen molar-refractivity contribution in [3.63, 3.8) is 0 Å². The van der Waals surface area contributed by atoms with Crippen LogP contribution in [0.4, 0.5) is 5.69 Å². The first-order valence-electron chi connectivity index (χ1n) is 9.34. The van der Waals surface area contributed by atoms with Crippen molar-refractivity contribution in [2.24, 2.45) is 0 Å². The molecule has 2 amide bonds. The van der Waals surface area contributed by atoms with Crippen LogP contribution in [0.25, 0.3) is 0 Å². The molecule has 0 bridgehead atoms. The van der Waals surface area contributed by atoms with Gasteiger partial charge in [0.05, 0.1) is 10.7 Å². The second-order valence-electron chi connectivity index (χ2n) is 6.48. The number of thioether (sulfide) groups is 1. The van der Waals surface area contributed by atoms with Gasteiger partial charge in [-0.25, -0.2) is 0 Å². The zero-order valence-electron chi connectivity index (χ0n) is 16.6. The van der Waals surface area contributed by atoms with Gasteiger partial charge in [0, 0.05) is 27.6 Å². The zero-order valence-corrected chi connectivity index (χ0v) is 18.2. The lowest BCUT2D eigenvalue weighted by Crippen LogP contribution is -2.42.